The first-order valence-electron chi connectivity index (χ1n) is 11.1. The molecule has 0 saturated carbocycles. The Morgan fingerprint density at radius 2 is 1.33 bits per heavy atom. The van der Waals surface area contributed by atoms with Crippen molar-refractivity contribution in [2.24, 2.45) is 0 Å². The quantitative estimate of drug-likeness (QED) is 0.383. The second-order valence-corrected chi connectivity index (χ2v) is 9.18. The normalized spacial score (nSPS) is 16.4. The van der Waals surface area contributed by atoms with Crippen LogP contribution in [0.3, 0.4) is 0 Å². The van der Waals surface area contributed by atoms with Crippen molar-refractivity contribution in [2.45, 2.75) is 52.1 Å². The fourth-order valence-corrected chi connectivity index (χ4v) is 3.49. The van der Waals surface area contributed by atoms with Crippen molar-refractivity contribution in [3.8, 4) is 5.75 Å². The fourth-order valence-electron chi connectivity index (χ4n) is 3.49. The number of hydrogen-bond donors (Lipinski definition) is 0. The Balaban J connectivity index is 1.57. The van der Waals surface area contributed by atoms with Gasteiger partial charge in [-0.1, -0.05) is 66.7 Å². The highest BCUT2D eigenvalue weighted by molar-refractivity contribution is 6.62. The van der Waals surface area contributed by atoms with Gasteiger partial charge in [0.25, 0.3) is 0 Å². The SMILES string of the molecule is CC1(C)OB(c2ccc(C(=O)OCc3ccccc3)c(OCc3ccccc3)c2)OC1(C)C. The maximum Gasteiger partial charge on any atom is 0.494 e. The summed E-state index contributed by atoms with van der Waals surface area (Å²) in [5.74, 6) is -0.00786. The van der Waals surface area contributed by atoms with Gasteiger partial charge in [0, 0.05) is 0 Å². The maximum absolute atomic E-state index is 12.9. The molecule has 0 radical (unpaired) electrons. The van der Waals surface area contributed by atoms with Gasteiger partial charge in [-0.3, -0.25) is 0 Å². The summed E-state index contributed by atoms with van der Waals surface area (Å²) in [6, 6.07) is 24.8. The molecule has 1 aliphatic rings. The predicted molar refractivity (Wildman–Crippen MR) is 128 cm³/mol. The van der Waals surface area contributed by atoms with E-state index in [1.807, 2.05) is 100 Å². The zero-order valence-electron chi connectivity index (χ0n) is 19.5. The third-order valence-corrected chi connectivity index (χ3v) is 6.20. The molecule has 1 saturated heterocycles. The first-order valence-corrected chi connectivity index (χ1v) is 11.1. The van der Waals surface area contributed by atoms with E-state index in [0.29, 0.717) is 17.9 Å². The summed E-state index contributed by atoms with van der Waals surface area (Å²) in [4.78, 5) is 12.9. The van der Waals surface area contributed by atoms with Crippen LogP contribution in [-0.2, 0) is 27.3 Å². The van der Waals surface area contributed by atoms with Gasteiger partial charge in [-0.25, -0.2) is 4.79 Å². The molecule has 0 amide bonds. The lowest BCUT2D eigenvalue weighted by atomic mass is 9.78. The fraction of sp³-hybridized carbons (Fsp3) is 0.296. The third-order valence-electron chi connectivity index (χ3n) is 6.20. The van der Waals surface area contributed by atoms with E-state index in [-0.39, 0.29) is 6.61 Å². The Morgan fingerprint density at radius 1 is 0.788 bits per heavy atom. The smallest absolute Gasteiger partial charge is 0.488 e. The summed E-state index contributed by atoms with van der Waals surface area (Å²) in [5, 5.41) is 0. The Labute approximate surface area is 195 Å². The number of esters is 1. The molecule has 0 aromatic heterocycles. The van der Waals surface area contributed by atoms with Crippen LogP contribution in [0, 0.1) is 0 Å². The molecule has 1 heterocycles. The Kier molecular flexibility index (Phi) is 6.59. The van der Waals surface area contributed by atoms with Crippen LogP contribution in [0.25, 0.3) is 0 Å². The molecule has 3 aromatic carbocycles. The van der Waals surface area contributed by atoms with Crippen LogP contribution in [-0.4, -0.2) is 24.3 Å². The van der Waals surface area contributed by atoms with E-state index in [9.17, 15) is 4.79 Å². The van der Waals surface area contributed by atoms with E-state index in [4.69, 9.17) is 18.8 Å². The minimum absolute atomic E-state index is 0.191. The number of carbonyl (C=O) groups excluding carboxylic acids is 1. The molecule has 6 heteroatoms. The molecule has 4 rings (SSSR count). The van der Waals surface area contributed by atoms with Crippen LogP contribution in [0.2, 0.25) is 0 Å². The first-order chi connectivity index (χ1) is 15.7. The van der Waals surface area contributed by atoms with Gasteiger partial charge in [0.05, 0.1) is 11.2 Å². The van der Waals surface area contributed by atoms with Gasteiger partial charge in [-0.2, -0.15) is 0 Å². The molecule has 0 bridgehead atoms. The van der Waals surface area contributed by atoms with Crippen molar-refractivity contribution in [1.82, 2.24) is 0 Å². The van der Waals surface area contributed by atoms with E-state index >= 15 is 0 Å². The molecule has 0 aliphatic carbocycles. The molecule has 5 nitrogen and oxygen atoms in total. The Morgan fingerprint density at radius 3 is 1.91 bits per heavy atom. The van der Waals surface area contributed by atoms with E-state index in [0.717, 1.165) is 16.6 Å². The molecule has 0 N–H and O–H groups in total. The summed E-state index contributed by atoms with van der Waals surface area (Å²) in [6.45, 7) is 8.55. The van der Waals surface area contributed by atoms with Crippen LogP contribution >= 0.6 is 0 Å². The summed E-state index contributed by atoms with van der Waals surface area (Å²) < 4.78 is 24.0. The van der Waals surface area contributed by atoms with Gasteiger partial charge < -0.3 is 18.8 Å². The molecule has 0 atom stereocenters. The predicted octanol–water partition coefficient (Wildman–Crippen LogP) is 4.92. The standard InChI is InChI=1S/C27H29BO5/c1-26(2)27(3,4)33-28(32-26)22-15-16-23(25(29)31-19-21-13-9-6-10-14-21)24(17-22)30-18-20-11-7-5-8-12-20/h5-17H,18-19H2,1-4H3. The highest BCUT2D eigenvalue weighted by Gasteiger charge is 2.51. The topological polar surface area (TPSA) is 54.0 Å². The number of rotatable bonds is 7. The first kappa shape index (κ1) is 23.1. The minimum atomic E-state index is -0.552. The molecular formula is C27H29BO5. The third kappa shape index (κ3) is 5.29. The lowest BCUT2D eigenvalue weighted by molar-refractivity contribution is 0.00578. The zero-order valence-corrected chi connectivity index (χ0v) is 19.5. The van der Waals surface area contributed by atoms with Crippen molar-refractivity contribution in [3.05, 3.63) is 95.6 Å². The minimum Gasteiger partial charge on any atom is -0.488 e. The largest absolute Gasteiger partial charge is 0.494 e. The van der Waals surface area contributed by atoms with Crippen molar-refractivity contribution in [3.63, 3.8) is 0 Å². The van der Waals surface area contributed by atoms with Gasteiger partial charge in [0.1, 0.15) is 24.5 Å². The molecule has 0 unspecified atom stereocenters. The lowest BCUT2D eigenvalue weighted by Gasteiger charge is -2.32. The zero-order chi connectivity index (χ0) is 23.5. The lowest BCUT2D eigenvalue weighted by Crippen LogP contribution is -2.41. The van der Waals surface area contributed by atoms with E-state index < -0.39 is 24.3 Å². The summed E-state index contributed by atoms with van der Waals surface area (Å²) >= 11 is 0. The van der Waals surface area contributed by atoms with Crippen molar-refractivity contribution in [1.29, 1.82) is 0 Å². The van der Waals surface area contributed by atoms with Crippen molar-refractivity contribution >= 4 is 18.6 Å². The summed E-state index contributed by atoms with van der Waals surface area (Å²) in [6.07, 6.45) is 0. The van der Waals surface area contributed by atoms with Gasteiger partial charge >= 0.3 is 13.1 Å². The second kappa shape index (κ2) is 9.42. The number of benzene rings is 3. The van der Waals surface area contributed by atoms with Crippen LogP contribution < -0.4 is 10.2 Å². The highest BCUT2D eigenvalue weighted by Crippen LogP contribution is 2.37. The number of hydrogen-bond acceptors (Lipinski definition) is 5. The number of carbonyl (C=O) groups is 1. The van der Waals surface area contributed by atoms with Crippen LogP contribution in [0.5, 0.6) is 5.75 Å². The Hall–Kier alpha value is -3.09. The molecule has 33 heavy (non-hydrogen) atoms. The van der Waals surface area contributed by atoms with Crippen LogP contribution in [0.1, 0.15) is 49.2 Å². The summed E-state index contributed by atoms with van der Waals surface area (Å²) in [7, 11) is -0.552. The average Bonchev–Trinajstić information content (AvgIpc) is 3.04. The molecule has 1 fully saturated rings. The van der Waals surface area contributed by atoms with E-state index in [1.54, 1.807) is 6.07 Å². The van der Waals surface area contributed by atoms with Gasteiger partial charge in [0.15, 0.2) is 0 Å². The molecular weight excluding hydrogens is 415 g/mol. The maximum atomic E-state index is 12.9. The van der Waals surface area contributed by atoms with Gasteiger partial charge in [-0.05, 0) is 56.4 Å². The molecule has 170 valence electrons. The Bertz CT molecular complexity index is 1080. The second-order valence-electron chi connectivity index (χ2n) is 9.18. The van der Waals surface area contributed by atoms with Crippen molar-refractivity contribution < 1.29 is 23.6 Å². The monoisotopic (exact) mass is 444 g/mol. The number of ether oxygens (including phenoxy) is 2. The molecule has 3 aromatic rings. The molecule has 0 spiro atoms. The van der Waals surface area contributed by atoms with Crippen LogP contribution in [0.4, 0.5) is 0 Å². The van der Waals surface area contributed by atoms with E-state index in [2.05, 4.69) is 0 Å². The van der Waals surface area contributed by atoms with Gasteiger partial charge in [0.2, 0.25) is 0 Å². The summed E-state index contributed by atoms with van der Waals surface area (Å²) in [5.41, 5.74) is 2.15. The molecule has 1 aliphatic heterocycles. The van der Waals surface area contributed by atoms with Crippen LogP contribution in [0.15, 0.2) is 78.9 Å². The van der Waals surface area contributed by atoms with Crippen molar-refractivity contribution in [2.75, 3.05) is 0 Å². The average molecular weight is 444 g/mol. The van der Waals surface area contributed by atoms with E-state index in [1.165, 1.54) is 0 Å². The highest BCUT2D eigenvalue weighted by atomic mass is 16.7. The van der Waals surface area contributed by atoms with Gasteiger partial charge in [-0.15, -0.1) is 0 Å².